The lowest BCUT2D eigenvalue weighted by Crippen LogP contribution is -2.18. The van der Waals surface area contributed by atoms with Gasteiger partial charge in [0.1, 0.15) is 5.69 Å². The van der Waals surface area contributed by atoms with Gasteiger partial charge >= 0.3 is 0 Å². The van der Waals surface area contributed by atoms with E-state index >= 15 is 0 Å². The predicted octanol–water partition coefficient (Wildman–Crippen LogP) is 4.15. The monoisotopic (exact) mass is 358 g/mol. The smallest absolute Gasteiger partial charge is 0.272 e. The van der Waals surface area contributed by atoms with E-state index in [1.807, 2.05) is 30.3 Å². The molecule has 0 saturated heterocycles. The average molecular weight is 359 g/mol. The molecule has 0 fully saturated rings. The SMILES string of the molecule is O=C(N/N=C\c1ccc(Cl)cc1Cl)c1cc(-c2ccccc2)n[nH]1. The Kier molecular flexibility index (Phi) is 4.93. The number of hydrazone groups is 1. The number of halogens is 2. The van der Waals surface area contributed by atoms with E-state index < -0.39 is 5.91 Å². The molecule has 1 aromatic heterocycles. The largest absolute Gasteiger partial charge is 0.289 e. The van der Waals surface area contributed by atoms with Crippen molar-refractivity contribution in [3.8, 4) is 11.3 Å². The minimum atomic E-state index is -0.397. The van der Waals surface area contributed by atoms with E-state index in [1.165, 1.54) is 6.21 Å². The molecule has 0 unspecified atom stereocenters. The molecule has 0 aliphatic heterocycles. The van der Waals surface area contributed by atoms with Crippen molar-refractivity contribution < 1.29 is 4.79 Å². The van der Waals surface area contributed by atoms with Crippen molar-refractivity contribution in [3.63, 3.8) is 0 Å². The Balaban J connectivity index is 1.67. The number of aromatic amines is 1. The fourth-order valence-corrected chi connectivity index (χ4v) is 2.48. The summed E-state index contributed by atoms with van der Waals surface area (Å²) in [6.07, 6.45) is 1.45. The fraction of sp³-hybridized carbons (Fsp3) is 0. The molecule has 0 atom stereocenters. The van der Waals surface area contributed by atoms with Crippen LogP contribution in [0.5, 0.6) is 0 Å². The van der Waals surface area contributed by atoms with Crippen LogP contribution in [0.3, 0.4) is 0 Å². The van der Waals surface area contributed by atoms with Gasteiger partial charge in [0.15, 0.2) is 0 Å². The van der Waals surface area contributed by atoms with Crippen molar-refractivity contribution in [2.75, 3.05) is 0 Å². The first kappa shape index (κ1) is 16.2. The second-order valence-corrected chi connectivity index (χ2v) is 5.74. The molecule has 0 saturated carbocycles. The summed E-state index contributed by atoms with van der Waals surface area (Å²) >= 11 is 11.9. The zero-order valence-electron chi connectivity index (χ0n) is 12.3. The molecule has 3 aromatic rings. The van der Waals surface area contributed by atoms with Crippen LogP contribution in [0.4, 0.5) is 0 Å². The van der Waals surface area contributed by atoms with Crippen molar-refractivity contribution in [2.24, 2.45) is 5.10 Å². The molecule has 2 aromatic carbocycles. The summed E-state index contributed by atoms with van der Waals surface area (Å²) in [6, 6.07) is 16.2. The standard InChI is InChI=1S/C17H12Cl2N4O/c18-13-7-6-12(14(19)8-13)10-20-23-17(24)16-9-15(21-22-16)11-4-2-1-3-5-11/h1-10H,(H,21,22)(H,23,24)/b20-10-. The number of H-pyrrole nitrogens is 1. The van der Waals surface area contributed by atoms with E-state index in [4.69, 9.17) is 23.2 Å². The van der Waals surface area contributed by atoms with Gasteiger partial charge in [-0.2, -0.15) is 10.2 Å². The van der Waals surface area contributed by atoms with E-state index in [9.17, 15) is 4.79 Å². The van der Waals surface area contributed by atoms with E-state index in [-0.39, 0.29) is 0 Å². The molecular formula is C17H12Cl2N4O. The van der Waals surface area contributed by atoms with Crippen molar-refractivity contribution >= 4 is 35.3 Å². The average Bonchev–Trinajstić information content (AvgIpc) is 3.08. The molecule has 120 valence electrons. The van der Waals surface area contributed by atoms with E-state index in [1.54, 1.807) is 24.3 Å². The Hall–Kier alpha value is -2.63. The van der Waals surface area contributed by atoms with E-state index in [0.717, 1.165) is 5.56 Å². The van der Waals surface area contributed by atoms with Crippen LogP contribution in [0.2, 0.25) is 10.0 Å². The highest BCUT2D eigenvalue weighted by atomic mass is 35.5. The van der Waals surface area contributed by atoms with Gasteiger partial charge in [0.2, 0.25) is 0 Å². The van der Waals surface area contributed by atoms with E-state index in [2.05, 4.69) is 20.7 Å². The van der Waals surface area contributed by atoms with Gasteiger partial charge in [-0.05, 0) is 18.2 Å². The normalized spacial score (nSPS) is 10.9. The van der Waals surface area contributed by atoms with Gasteiger partial charge in [-0.15, -0.1) is 0 Å². The first-order valence-electron chi connectivity index (χ1n) is 7.03. The Morgan fingerprint density at radius 3 is 2.67 bits per heavy atom. The maximum Gasteiger partial charge on any atom is 0.289 e. The zero-order valence-corrected chi connectivity index (χ0v) is 13.8. The number of carbonyl (C=O) groups excluding carboxylic acids is 1. The highest BCUT2D eigenvalue weighted by Gasteiger charge is 2.10. The van der Waals surface area contributed by atoms with Gasteiger partial charge in [0, 0.05) is 16.1 Å². The molecule has 2 N–H and O–H groups in total. The number of nitrogens with zero attached hydrogens (tertiary/aromatic N) is 2. The summed E-state index contributed by atoms with van der Waals surface area (Å²) in [5, 5.41) is 11.7. The lowest BCUT2D eigenvalue weighted by Gasteiger charge is -1.99. The molecule has 3 rings (SSSR count). The number of carbonyl (C=O) groups is 1. The lowest BCUT2D eigenvalue weighted by molar-refractivity contribution is 0.0950. The molecule has 5 nitrogen and oxygen atoms in total. The van der Waals surface area contributed by atoms with Crippen LogP contribution >= 0.6 is 23.2 Å². The Morgan fingerprint density at radius 1 is 1.12 bits per heavy atom. The van der Waals surface area contributed by atoms with Crippen LogP contribution < -0.4 is 5.43 Å². The molecule has 0 spiro atoms. The van der Waals surface area contributed by atoms with Crippen molar-refractivity contribution in [1.82, 2.24) is 15.6 Å². The Labute approximate surface area is 148 Å². The topological polar surface area (TPSA) is 70.1 Å². The third kappa shape index (κ3) is 3.82. The van der Waals surface area contributed by atoms with Crippen LogP contribution in [-0.2, 0) is 0 Å². The maximum absolute atomic E-state index is 12.1. The predicted molar refractivity (Wildman–Crippen MR) is 95.5 cm³/mol. The fourth-order valence-electron chi connectivity index (χ4n) is 2.02. The number of aromatic nitrogens is 2. The van der Waals surface area contributed by atoms with Gasteiger partial charge in [-0.1, -0.05) is 59.6 Å². The Bertz CT molecular complexity index is 891. The molecule has 0 bridgehead atoms. The van der Waals surface area contributed by atoms with Crippen molar-refractivity contribution in [1.29, 1.82) is 0 Å². The number of hydrogen-bond donors (Lipinski definition) is 2. The number of hydrogen-bond acceptors (Lipinski definition) is 3. The third-order valence-corrected chi connectivity index (χ3v) is 3.79. The molecule has 7 heteroatoms. The molecule has 1 amide bonds. The van der Waals surface area contributed by atoms with Gasteiger partial charge in [0.25, 0.3) is 5.91 Å². The maximum atomic E-state index is 12.1. The second kappa shape index (κ2) is 7.29. The Morgan fingerprint density at radius 2 is 1.92 bits per heavy atom. The van der Waals surface area contributed by atoms with Crippen molar-refractivity contribution in [2.45, 2.75) is 0 Å². The van der Waals surface area contributed by atoms with Gasteiger partial charge in [-0.3, -0.25) is 9.89 Å². The van der Waals surface area contributed by atoms with E-state index in [0.29, 0.717) is 27.0 Å². The van der Waals surface area contributed by atoms with Crippen LogP contribution in [0.1, 0.15) is 16.1 Å². The summed E-state index contributed by atoms with van der Waals surface area (Å²) in [4.78, 5) is 12.1. The summed E-state index contributed by atoms with van der Waals surface area (Å²) in [6.45, 7) is 0. The highest BCUT2D eigenvalue weighted by molar-refractivity contribution is 6.36. The summed E-state index contributed by atoms with van der Waals surface area (Å²) in [5.41, 5.74) is 4.99. The third-order valence-electron chi connectivity index (χ3n) is 3.22. The molecule has 0 radical (unpaired) electrons. The molecule has 0 aliphatic carbocycles. The minimum absolute atomic E-state index is 0.313. The molecule has 0 aliphatic rings. The van der Waals surface area contributed by atoms with Gasteiger partial charge in [-0.25, -0.2) is 5.43 Å². The quantitative estimate of drug-likeness (QED) is 0.543. The van der Waals surface area contributed by atoms with Crippen LogP contribution in [-0.4, -0.2) is 22.3 Å². The lowest BCUT2D eigenvalue weighted by atomic mass is 10.1. The molecular weight excluding hydrogens is 347 g/mol. The second-order valence-electron chi connectivity index (χ2n) is 4.90. The number of amides is 1. The first-order valence-corrected chi connectivity index (χ1v) is 7.78. The number of nitrogens with one attached hydrogen (secondary N) is 2. The summed E-state index contributed by atoms with van der Waals surface area (Å²) in [7, 11) is 0. The molecule has 24 heavy (non-hydrogen) atoms. The number of benzene rings is 2. The van der Waals surface area contributed by atoms with Crippen LogP contribution in [0.15, 0.2) is 59.7 Å². The highest BCUT2D eigenvalue weighted by Crippen LogP contribution is 2.19. The van der Waals surface area contributed by atoms with Gasteiger partial charge in [0.05, 0.1) is 16.9 Å². The van der Waals surface area contributed by atoms with Crippen LogP contribution in [0.25, 0.3) is 11.3 Å². The number of rotatable bonds is 4. The summed E-state index contributed by atoms with van der Waals surface area (Å²) in [5.74, 6) is -0.397. The zero-order chi connectivity index (χ0) is 16.9. The van der Waals surface area contributed by atoms with Crippen LogP contribution in [0, 0.1) is 0 Å². The van der Waals surface area contributed by atoms with Crippen molar-refractivity contribution in [3.05, 3.63) is 75.9 Å². The van der Waals surface area contributed by atoms with Gasteiger partial charge < -0.3 is 0 Å². The molecule has 1 heterocycles. The first-order chi connectivity index (χ1) is 11.6. The minimum Gasteiger partial charge on any atom is -0.272 e. The summed E-state index contributed by atoms with van der Waals surface area (Å²) < 4.78 is 0.